The lowest BCUT2D eigenvalue weighted by molar-refractivity contribution is 0.102. The first-order valence-electron chi connectivity index (χ1n) is 7.57. The molecule has 0 unspecified atom stereocenters. The average Bonchev–Trinajstić information content (AvgIpc) is 2.94. The van der Waals surface area contributed by atoms with Gasteiger partial charge in [0.05, 0.1) is 5.56 Å². The van der Waals surface area contributed by atoms with Crippen molar-refractivity contribution in [2.75, 3.05) is 5.32 Å². The van der Waals surface area contributed by atoms with Crippen molar-refractivity contribution in [3.63, 3.8) is 0 Å². The van der Waals surface area contributed by atoms with E-state index >= 15 is 0 Å². The molecule has 0 aliphatic heterocycles. The summed E-state index contributed by atoms with van der Waals surface area (Å²) in [7, 11) is 0. The van der Waals surface area contributed by atoms with E-state index in [1.807, 2.05) is 48.0 Å². The van der Waals surface area contributed by atoms with Crippen LogP contribution < -0.4 is 5.32 Å². The Labute approximate surface area is 129 Å². The molecule has 0 radical (unpaired) electrons. The number of amides is 1. The molecule has 0 atom stereocenters. The topological polar surface area (TPSA) is 46.9 Å². The van der Waals surface area contributed by atoms with Crippen molar-refractivity contribution in [3.05, 3.63) is 59.9 Å². The molecule has 0 bridgehead atoms. The van der Waals surface area contributed by atoms with E-state index in [1.54, 1.807) is 6.20 Å². The smallest absolute Gasteiger partial charge is 0.257 e. The molecule has 0 saturated heterocycles. The van der Waals surface area contributed by atoms with Crippen LogP contribution in [-0.4, -0.2) is 15.5 Å². The second-order valence-electron chi connectivity index (χ2n) is 5.21. The Kier molecular flexibility index (Phi) is 3.92. The molecule has 0 spiro atoms. The summed E-state index contributed by atoms with van der Waals surface area (Å²) in [5, 5.41) is 3.87. The van der Waals surface area contributed by atoms with Crippen molar-refractivity contribution in [2.45, 2.75) is 26.8 Å². The van der Waals surface area contributed by atoms with Gasteiger partial charge < -0.3 is 9.88 Å². The van der Waals surface area contributed by atoms with Gasteiger partial charge in [0, 0.05) is 30.0 Å². The number of aromatic nitrogens is 2. The molecule has 4 nitrogen and oxygen atoms in total. The number of nitrogens with zero attached hydrogens (tertiary/aromatic N) is 2. The predicted octanol–water partition coefficient (Wildman–Crippen LogP) is 3.87. The van der Waals surface area contributed by atoms with Crippen molar-refractivity contribution in [3.8, 4) is 0 Å². The van der Waals surface area contributed by atoms with Gasteiger partial charge in [0.1, 0.15) is 5.65 Å². The second kappa shape index (κ2) is 6.02. The molecule has 3 rings (SSSR count). The van der Waals surface area contributed by atoms with Gasteiger partial charge in [0.25, 0.3) is 5.91 Å². The van der Waals surface area contributed by atoms with E-state index in [4.69, 9.17) is 0 Å². The van der Waals surface area contributed by atoms with Crippen LogP contribution in [0.5, 0.6) is 0 Å². The maximum atomic E-state index is 12.6. The van der Waals surface area contributed by atoms with Gasteiger partial charge in [-0.3, -0.25) is 4.79 Å². The Bertz CT molecular complexity index is 820. The first-order valence-corrected chi connectivity index (χ1v) is 7.57. The maximum Gasteiger partial charge on any atom is 0.257 e. The number of pyridine rings is 1. The highest BCUT2D eigenvalue weighted by Crippen LogP contribution is 2.21. The van der Waals surface area contributed by atoms with Crippen LogP contribution in [0, 0.1) is 0 Å². The van der Waals surface area contributed by atoms with E-state index in [0.717, 1.165) is 29.7 Å². The van der Waals surface area contributed by atoms with Gasteiger partial charge in [-0.15, -0.1) is 0 Å². The highest BCUT2D eigenvalue weighted by Gasteiger charge is 2.15. The largest absolute Gasteiger partial charge is 0.332 e. The first kappa shape index (κ1) is 14.3. The fraction of sp³-hybridized carbons (Fsp3) is 0.222. The van der Waals surface area contributed by atoms with Gasteiger partial charge in [-0.05, 0) is 43.2 Å². The highest BCUT2D eigenvalue weighted by molar-refractivity contribution is 6.12. The van der Waals surface area contributed by atoms with Crippen LogP contribution in [-0.2, 0) is 13.0 Å². The maximum absolute atomic E-state index is 12.6. The van der Waals surface area contributed by atoms with Crippen molar-refractivity contribution >= 4 is 22.6 Å². The molecule has 3 aromatic rings. The number of carbonyl (C=O) groups is 1. The normalized spacial score (nSPS) is 10.8. The minimum atomic E-state index is -0.0987. The summed E-state index contributed by atoms with van der Waals surface area (Å²) >= 11 is 0. The summed E-state index contributed by atoms with van der Waals surface area (Å²) in [6, 6.07) is 11.7. The Morgan fingerprint density at radius 3 is 2.86 bits per heavy atom. The van der Waals surface area contributed by atoms with Gasteiger partial charge >= 0.3 is 0 Å². The molecule has 22 heavy (non-hydrogen) atoms. The Balaban J connectivity index is 1.95. The Hall–Kier alpha value is -2.62. The zero-order valence-corrected chi connectivity index (χ0v) is 12.8. The minimum Gasteiger partial charge on any atom is -0.332 e. The minimum absolute atomic E-state index is 0.0987. The lowest BCUT2D eigenvalue weighted by Crippen LogP contribution is -2.11. The number of benzene rings is 1. The third-order valence-electron chi connectivity index (χ3n) is 3.81. The molecular formula is C18H19N3O. The van der Waals surface area contributed by atoms with Crippen LogP contribution in [0.25, 0.3) is 11.0 Å². The molecule has 0 saturated carbocycles. The van der Waals surface area contributed by atoms with E-state index in [0.29, 0.717) is 5.56 Å². The molecule has 0 fully saturated rings. The predicted molar refractivity (Wildman–Crippen MR) is 89.2 cm³/mol. The van der Waals surface area contributed by atoms with Gasteiger partial charge in [0.15, 0.2) is 0 Å². The van der Waals surface area contributed by atoms with E-state index in [9.17, 15) is 4.79 Å². The first-order chi connectivity index (χ1) is 10.7. The summed E-state index contributed by atoms with van der Waals surface area (Å²) < 4.78 is 1.99. The lowest BCUT2D eigenvalue weighted by Gasteiger charge is -2.06. The Morgan fingerprint density at radius 2 is 2.09 bits per heavy atom. The number of hydrogen-bond acceptors (Lipinski definition) is 2. The van der Waals surface area contributed by atoms with Crippen molar-refractivity contribution in [2.24, 2.45) is 0 Å². The van der Waals surface area contributed by atoms with E-state index in [-0.39, 0.29) is 5.91 Å². The van der Waals surface area contributed by atoms with E-state index in [1.165, 1.54) is 5.56 Å². The SMILES string of the molecule is CCc1cccc(NC(=O)c2cn(CC)c3ncccc23)c1. The summed E-state index contributed by atoms with van der Waals surface area (Å²) in [4.78, 5) is 17.0. The summed E-state index contributed by atoms with van der Waals surface area (Å²) in [5.41, 5.74) is 3.53. The number of carbonyl (C=O) groups excluding carboxylic acids is 1. The van der Waals surface area contributed by atoms with Crippen molar-refractivity contribution in [1.29, 1.82) is 0 Å². The number of nitrogens with one attached hydrogen (secondary N) is 1. The van der Waals surface area contributed by atoms with Gasteiger partial charge in [-0.25, -0.2) is 4.98 Å². The molecule has 4 heteroatoms. The van der Waals surface area contributed by atoms with Crippen molar-refractivity contribution < 1.29 is 4.79 Å². The highest BCUT2D eigenvalue weighted by atomic mass is 16.1. The summed E-state index contributed by atoms with van der Waals surface area (Å²) in [6.45, 7) is 4.92. The number of rotatable bonds is 4. The van der Waals surface area contributed by atoms with Crippen LogP contribution in [0.15, 0.2) is 48.8 Å². The molecule has 2 heterocycles. The van der Waals surface area contributed by atoms with Crippen LogP contribution >= 0.6 is 0 Å². The molecule has 112 valence electrons. The molecule has 1 N–H and O–H groups in total. The monoisotopic (exact) mass is 293 g/mol. The molecule has 0 aliphatic rings. The van der Waals surface area contributed by atoms with Crippen molar-refractivity contribution in [1.82, 2.24) is 9.55 Å². The summed E-state index contributed by atoms with van der Waals surface area (Å²) in [6.07, 6.45) is 4.57. The van der Waals surface area contributed by atoms with Gasteiger partial charge in [-0.2, -0.15) is 0 Å². The van der Waals surface area contributed by atoms with Crippen LogP contribution in [0.4, 0.5) is 5.69 Å². The van der Waals surface area contributed by atoms with Crippen LogP contribution in [0.1, 0.15) is 29.8 Å². The zero-order valence-electron chi connectivity index (χ0n) is 12.8. The molecule has 0 aliphatic carbocycles. The van der Waals surface area contributed by atoms with E-state index in [2.05, 4.69) is 23.3 Å². The number of fused-ring (bicyclic) bond motifs is 1. The quantitative estimate of drug-likeness (QED) is 0.793. The number of hydrogen-bond donors (Lipinski definition) is 1. The third-order valence-corrected chi connectivity index (χ3v) is 3.81. The molecule has 1 aromatic carbocycles. The number of anilines is 1. The Morgan fingerprint density at radius 1 is 1.23 bits per heavy atom. The molecule has 1 amide bonds. The van der Waals surface area contributed by atoms with Gasteiger partial charge in [-0.1, -0.05) is 19.1 Å². The standard InChI is InChI=1S/C18H19N3O/c1-3-13-7-5-8-14(11-13)20-18(22)16-12-21(4-2)17-15(16)9-6-10-19-17/h5-12H,3-4H2,1-2H3,(H,20,22). The summed E-state index contributed by atoms with van der Waals surface area (Å²) in [5.74, 6) is -0.0987. The molecular weight excluding hydrogens is 274 g/mol. The third kappa shape index (κ3) is 2.60. The fourth-order valence-corrected chi connectivity index (χ4v) is 2.61. The van der Waals surface area contributed by atoms with Crippen LogP contribution in [0.3, 0.4) is 0 Å². The van der Waals surface area contributed by atoms with Gasteiger partial charge in [0.2, 0.25) is 0 Å². The zero-order chi connectivity index (χ0) is 15.5. The lowest BCUT2D eigenvalue weighted by atomic mass is 10.1. The second-order valence-corrected chi connectivity index (χ2v) is 5.21. The fourth-order valence-electron chi connectivity index (χ4n) is 2.61. The van der Waals surface area contributed by atoms with Crippen LogP contribution in [0.2, 0.25) is 0 Å². The van der Waals surface area contributed by atoms with E-state index < -0.39 is 0 Å². The molecule has 2 aromatic heterocycles. The average molecular weight is 293 g/mol. The number of aryl methyl sites for hydroxylation is 2.